The Morgan fingerprint density at radius 2 is 1.50 bits per heavy atom. The maximum Gasteiger partial charge on any atom is 0.313 e. The van der Waals surface area contributed by atoms with E-state index in [-0.39, 0.29) is 5.60 Å². The predicted octanol–water partition coefficient (Wildman–Crippen LogP) is 3.51. The minimum Gasteiger partial charge on any atom is -0.376 e. The maximum absolute atomic E-state index is 12.6. The number of hydrogen-bond donors (Lipinski definition) is 2. The Bertz CT molecular complexity index is 750. The maximum atomic E-state index is 12.6. The van der Waals surface area contributed by atoms with E-state index in [2.05, 4.69) is 10.6 Å². The fourth-order valence-electron chi connectivity index (χ4n) is 6.52. The normalized spacial score (nSPS) is 33.0. The van der Waals surface area contributed by atoms with Crippen LogP contribution in [0.25, 0.3) is 0 Å². The molecule has 4 saturated carbocycles. The molecule has 0 aromatic heterocycles. The monoisotopic (exact) mass is 384 g/mol. The van der Waals surface area contributed by atoms with Crippen LogP contribution in [0.15, 0.2) is 12.1 Å². The lowest BCUT2D eigenvalue weighted by molar-refractivity contribution is -0.188. The first kappa shape index (κ1) is 19.4. The molecule has 4 bridgehead atoms. The number of hydrogen-bond acceptors (Lipinski definition) is 3. The summed E-state index contributed by atoms with van der Waals surface area (Å²) in [6.45, 7) is 6.34. The van der Waals surface area contributed by atoms with E-state index in [1.54, 1.807) is 7.11 Å². The lowest BCUT2D eigenvalue weighted by Crippen LogP contribution is -2.63. The second-order valence-corrected chi connectivity index (χ2v) is 9.37. The minimum absolute atomic E-state index is 0.306. The number of ether oxygens (including phenoxy) is 1. The number of anilines is 1. The van der Waals surface area contributed by atoms with Gasteiger partial charge in [-0.1, -0.05) is 17.7 Å². The third-order valence-corrected chi connectivity index (χ3v) is 7.55. The zero-order chi connectivity index (χ0) is 20.1. The molecule has 0 aliphatic heterocycles. The van der Waals surface area contributed by atoms with Gasteiger partial charge in [0.05, 0.1) is 5.60 Å². The Kier molecular flexibility index (Phi) is 4.98. The summed E-state index contributed by atoms with van der Waals surface area (Å²) in [5.74, 6) is 1.47. The molecule has 5 heteroatoms. The molecular formula is C23H32N2O3. The SMILES string of the molecule is COC1(CNC(=O)C(=O)Nc2c(C)cc(C)cc2C)C2CC3CC(C2)CC1C3. The van der Waals surface area contributed by atoms with Gasteiger partial charge >= 0.3 is 11.8 Å². The van der Waals surface area contributed by atoms with Crippen molar-refractivity contribution < 1.29 is 14.3 Å². The largest absolute Gasteiger partial charge is 0.376 e. The highest BCUT2D eigenvalue weighted by atomic mass is 16.5. The topological polar surface area (TPSA) is 67.4 Å². The van der Waals surface area contributed by atoms with Crippen molar-refractivity contribution in [2.45, 2.75) is 58.5 Å². The lowest BCUT2D eigenvalue weighted by atomic mass is 9.49. The van der Waals surface area contributed by atoms with Crippen molar-refractivity contribution >= 4 is 17.5 Å². The van der Waals surface area contributed by atoms with Crippen molar-refractivity contribution in [3.05, 3.63) is 28.8 Å². The number of methoxy groups -OCH3 is 1. The number of carbonyl (C=O) groups excluding carboxylic acids is 2. The molecule has 0 saturated heterocycles. The Balaban J connectivity index is 1.42. The first-order valence-electron chi connectivity index (χ1n) is 10.5. The van der Waals surface area contributed by atoms with Crippen LogP contribution in [0.1, 0.15) is 48.8 Å². The molecular weight excluding hydrogens is 352 g/mol. The molecule has 2 amide bonds. The summed E-state index contributed by atoms with van der Waals surface area (Å²) in [5, 5.41) is 5.69. The second-order valence-electron chi connectivity index (χ2n) is 9.37. The van der Waals surface area contributed by atoms with Gasteiger partial charge in [0.1, 0.15) is 0 Å². The van der Waals surface area contributed by atoms with E-state index < -0.39 is 11.8 Å². The van der Waals surface area contributed by atoms with Crippen molar-refractivity contribution in [1.82, 2.24) is 5.32 Å². The molecule has 4 aliphatic rings. The number of nitrogens with one attached hydrogen (secondary N) is 2. The van der Waals surface area contributed by atoms with E-state index in [9.17, 15) is 9.59 Å². The molecule has 4 aliphatic carbocycles. The highest BCUT2D eigenvalue weighted by Gasteiger charge is 2.57. The third kappa shape index (κ3) is 3.24. The average molecular weight is 385 g/mol. The van der Waals surface area contributed by atoms with Crippen molar-refractivity contribution in [3.63, 3.8) is 0 Å². The quantitative estimate of drug-likeness (QED) is 0.781. The van der Waals surface area contributed by atoms with Crippen LogP contribution >= 0.6 is 0 Å². The van der Waals surface area contributed by atoms with Crippen LogP contribution in [-0.2, 0) is 14.3 Å². The number of rotatable bonds is 4. The highest BCUT2D eigenvalue weighted by Crippen LogP contribution is 2.59. The average Bonchev–Trinajstić information content (AvgIpc) is 2.63. The number of aryl methyl sites for hydroxylation is 3. The Hall–Kier alpha value is -1.88. The summed E-state index contributed by atoms with van der Waals surface area (Å²) in [5.41, 5.74) is 3.49. The molecule has 5 rings (SSSR count). The summed E-state index contributed by atoms with van der Waals surface area (Å²) < 4.78 is 6.07. The smallest absolute Gasteiger partial charge is 0.313 e. The summed E-state index contributed by atoms with van der Waals surface area (Å²) in [4.78, 5) is 25.1. The number of carbonyl (C=O) groups is 2. The van der Waals surface area contributed by atoms with Crippen molar-refractivity contribution in [3.8, 4) is 0 Å². The molecule has 0 spiro atoms. The van der Waals surface area contributed by atoms with Gasteiger partial charge in [0.15, 0.2) is 0 Å². The van der Waals surface area contributed by atoms with E-state index in [1.807, 2.05) is 32.9 Å². The van der Waals surface area contributed by atoms with E-state index in [4.69, 9.17) is 4.74 Å². The molecule has 0 radical (unpaired) electrons. The van der Waals surface area contributed by atoms with Gasteiger partial charge in [-0.25, -0.2) is 0 Å². The van der Waals surface area contributed by atoms with Crippen molar-refractivity contribution in [1.29, 1.82) is 0 Å². The third-order valence-electron chi connectivity index (χ3n) is 7.55. The van der Waals surface area contributed by atoms with Crippen LogP contribution in [-0.4, -0.2) is 31.1 Å². The van der Waals surface area contributed by atoms with E-state index >= 15 is 0 Å². The Morgan fingerprint density at radius 1 is 0.964 bits per heavy atom. The molecule has 2 N–H and O–H groups in total. The molecule has 0 heterocycles. The minimum atomic E-state index is -0.606. The van der Waals surface area contributed by atoms with Crippen LogP contribution in [0.2, 0.25) is 0 Å². The van der Waals surface area contributed by atoms with Crippen LogP contribution in [0, 0.1) is 44.4 Å². The molecule has 0 atom stereocenters. The van der Waals surface area contributed by atoms with E-state index in [0.29, 0.717) is 18.4 Å². The zero-order valence-corrected chi connectivity index (χ0v) is 17.4. The predicted molar refractivity (Wildman–Crippen MR) is 109 cm³/mol. The van der Waals surface area contributed by atoms with Crippen LogP contribution in [0.5, 0.6) is 0 Å². The van der Waals surface area contributed by atoms with Gasteiger partial charge in [-0.3, -0.25) is 9.59 Å². The van der Waals surface area contributed by atoms with E-state index in [0.717, 1.165) is 34.2 Å². The van der Waals surface area contributed by atoms with Gasteiger partial charge < -0.3 is 15.4 Å². The molecule has 28 heavy (non-hydrogen) atoms. The fraction of sp³-hybridized carbons (Fsp3) is 0.652. The van der Waals surface area contributed by atoms with Crippen LogP contribution in [0.4, 0.5) is 5.69 Å². The lowest BCUT2D eigenvalue weighted by Gasteiger charge is -2.60. The zero-order valence-electron chi connectivity index (χ0n) is 17.4. The van der Waals surface area contributed by atoms with Gasteiger partial charge in [-0.05, 0) is 87.7 Å². The second kappa shape index (κ2) is 7.18. The van der Waals surface area contributed by atoms with Crippen molar-refractivity contribution in [2.75, 3.05) is 19.0 Å². The first-order valence-corrected chi connectivity index (χ1v) is 10.5. The fourth-order valence-corrected chi connectivity index (χ4v) is 6.52. The summed E-state index contributed by atoms with van der Waals surface area (Å²) >= 11 is 0. The van der Waals surface area contributed by atoms with Gasteiger partial charge in [0.25, 0.3) is 0 Å². The molecule has 1 aromatic carbocycles. The van der Waals surface area contributed by atoms with Gasteiger partial charge in [0, 0.05) is 19.3 Å². The molecule has 5 nitrogen and oxygen atoms in total. The highest BCUT2D eigenvalue weighted by molar-refractivity contribution is 6.39. The number of benzene rings is 1. The first-order chi connectivity index (χ1) is 13.3. The standard InChI is InChI=1S/C23H32N2O3/c1-13-5-14(2)20(15(3)6-13)25-22(27)21(26)24-12-23(28-4)18-8-16-7-17(10-18)11-19(23)9-16/h5-6,16-19H,7-12H2,1-4H3,(H,24,26)(H,25,27). The summed E-state index contributed by atoms with van der Waals surface area (Å²) in [6.07, 6.45) is 6.17. The Morgan fingerprint density at radius 3 is 2.00 bits per heavy atom. The summed E-state index contributed by atoms with van der Waals surface area (Å²) in [6, 6.07) is 4.02. The van der Waals surface area contributed by atoms with Crippen molar-refractivity contribution in [2.24, 2.45) is 23.7 Å². The molecule has 152 valence electrons. The molecule has 1 aromatic rings. The van der Waals surface area contributed by atoms with Gasteiger partial charge in [0.2, 0.25) is 0 Å². The van der Waals surface area contributed by atoms with Gasteiger partial charge in [-0.2, -0.15) is 0 Å². The van der Waals surface area contributed by atoms with E-state index in [1.165, 1.54) is 32.1 Å². The van der Waals surface area contributed by atoms with Gasteiger partial charge in [-0.15, -0.1) is 0 Å². The van der Waals surface area contributed by atoms with Crippen LogP contribution < -0.4 is 10.6 Å². The molecule has 0 unspecified atom stereocenters. The molecule has 4 fully saturated rings. The Labute approximate surface area is 167 Å². The van der Waals surface area contributed by atoms with Crippen LogP contribution in [0.3, 0.4) is 0 Å². The number of amides is 2. The summed E-state index contributed by atoms with van der Waals surface area (Å²) in [7, 11) is 1.77.